The minimum Gasteiger partial charge on any atom is -0.493 e. The summed E-state index contributed by atoms with van der Waals surface area (Å²) in [5, 5.41) is 18.4. The van der Waals surface area contributed by atoms with E-state index in [0.29, 0.717) is 39.4 Å². The second-order valence-electron chi connectivity index (χ2n) is 10.3. The monoisotopic (exact) mass is 738 g/mol. The van der Waals surface area contributed by atoms with Gasteiger partial charge >= 0.3 is 18.0 Å². The van der Waals surface area contributed by atoms with Gasteiger partial charge < -0.3 is 39.4 Å². The third-order valence-corrected chi connectivity index (χ3v) is 7.55. The zero-order valence-electron chi connectivity index (χ0n) is 27.1. The molecule has 258 valence electrons. The summed E-state index contributed by atoms with van der Waals surface area (Å²) < 4.78 is 28.6. The molecular weight excluding hydrogens is 704 g/mol. The highest BCUT2D eigenvalue weighted by Crippen LogP contribution is 2.37. The quantitative estimate of drug-likeness (QED) is 0.0955. The number of carbonyl (C=O) groups excluding carboxylic acids is 3. The first-order valence-corrected chi connectivity index (χ1v) is 15.8. The van der Waals surface area contributed by atoms with Crippen LogP contribution in [0.1, 0.15) is 53.9 Å². The van der Waals surface area contributed by atoms with Crippen molar-refractivity contribution in [3.63, 3.8) is 0 Å². The van der Waals surface area contributed by atoms with Crippen molar-refractivity contribution in [1.29, 1.82) is 0 Å². The van der Waals surface area contributed by atoms with Gasteiger partial charge in [0.2, 0.25) is 0 Å². The van der Waals surface area contributed by atoms with Gasteiger partial charge in [-0.3, -0.25) is 4.79 Å². The minimum atomic E-state index is -1.01. The highest BCUT2D eigenvalue weighted by Gasteiger charge is 2.32. The lowest BCUT2D eigenvalue weighted by atomic mass is 9.95. The van der Waals surface area contributed by atoms with Gasteiger partial charge in [0.1, 0.15) is 6.61 Å². The largest absolute Gasteiger partial charge is 0.493 e. The number of carbonyl (C=O) groups is 4. The van der Waals surface area contributed by atoms with Crippen LogP contribution in [0.4, 0.5) is 4.79 Å². The third-order valence-electron chi connectivity index (χ3n) is 6.96. The maximum absolute atomic E-state index is 12.6. The van der Waals surface area contributed by atoms with E-state index in [1.54, 1.807) is 56.3 Å². The lowest BCUT2D eigenvalue weighted by Crippen LogP contribution is -2.45. The number of amides is 3. The number of hydrazone groups is 1. The van der Waals surface area contributed by atoms with E-state index >= 15 is 0 Å². The summed E-state index contributed by atoms with van der Waals surface area (Å²) in [6.07, 6.45) is 1.43. The molecule has 3 amide bonds. The molecule has 49 heavy (non-hydrogen) atoms. The molecule has 4 N–H and O–H groups in total. The highest BCUT2D eigenvalue weighted by molar-refractivity contribution is 9.10. The molecule has 0 aromatic heterocycles. The number of aromatic carboxylic acids is 1. The Hall–Kier alpha value is -5.57. The first-order valence-electron chi connectivity index (χ1n) is 15.0. The fourth-order valence-electron chi connectivity index (χ4n) is 4.73. The van der Waals surface area contributed by atoms with E-state index in [0.717, 1.165) is 5.56 Å². The number of methoxy groups -OCH3 is 1. The van der Waals surface area contributed by atoms with Crippen molar-refractivity contribution in [2.45, 2.75) is 33.4 Å². The third kappa shape index (κ3) is 9.50. The lowest BCUT2D eigenvalue weighted by molar-refractivity contribution is -0.139. The number of esters is 1. The average Bonchev–Trinajstić information content (AvgIpc) is 3.07. The summed E-state index contributed by atoms with van der Waals surface area (Å²) in [4.78, 5) is 48.5. The molecule has 1 aliphatic heterocycles. The van der Waals surface area contributed by atoms with E-state index in [9.17, 15) is 19.2 Å². The summed E-state index contributed by atoms with van der Waals surface area (Å²) in [6, 6.07) is 13.3. The van der Waals surface area contributed by atoms with E-state index in [1.807, 2.05) is 6.92 Å². The van der Waals surface area contributed by atoms with Crippen molar-refractivity contribution in [3.05, 3.63) is 92.6 Å². The molecule has 0 unspecified atom stereocenters. The maximum atomic E-state index is 12.6. The van der Waals surface area contributed by atoms with Crippen LogP contribution in [-0.4, -0.2) is 62.1 Å². The summed E-state index contributed by atoms with van der Waals surface area (Å²) in [5.41, 5.74) is 5.13. The number of hydrogen-bond acceptors (Lipinski definition) is 10. The lowest BCUT2D eigenvalue weighted by Gasteiger charge is -2.28. The van der Waals surface area contributed by atoms with Crippen molar-refractivity contribution >= 4 is 46.0 Å². The number of hydrogen-bond donors (Lipinski definition) is 4. The van der Waals surface area contributed by atoms with Gasteiger partial charge in [-0.2, -0.15) is 5.10 Å². The van der Waals surface area contributed by atoms with Crippen molar-refractivity contribution in [1.82, 2.24) is 16.1 Å². The average molecular weight is 740 g/mol. The molecule has 0 aliphatic carbocycles. The first-order chi connectivity index (χ1) is 23.5. The number of urea groups is 1. The number of rotatable bonds is 15. The molecule has 0 saturated heterocycles. The molecule has 14 nitrogen and oxygen atoms in total. The zero-order valence-corrected chi connectivity index (χ0v) is 28.7. The molecule has 3 aromatic carbocycles. The molecule has 0 spiro atoms. The van der Waals surface area contributed by atoms with Crippen LogP contribution in [0.2, 0.25) is 0 Å². The van der Waals surface area contributed by atoms with Crippen LogP contribution in [0.25, 0.3) is 0 Å². The highest BCUT2D eigenvalue weighted by atomic mass is 79.9. The Kier molecular flexibility index (Phi) is 12.6. The molecular formula is C34H35BrN4O10. The normalized spacial score (nSPS) is 14.1. The van der Waals surface area contributed by atoms with Gasteiger partial charge in [-0.25, -0.2) is 19.8 Å². The molecule has 0 radical (unpaired) electrons. The predicted molar refractivity (Wildman–Crippen MR) is 181 cm³/mol. The van der Waals surface area contributed by atoms with Gasteiger partial charge in [0, 0.05) is 5.70 Å². The molecule has 15 heteroatoms. The fraction of sp³-hybridized carbons (Fsp3) is 0.265. The van der Waals surface area contributed by atoms with Crippen LogP contribution in [0.3, 0.4) is 0 Å². The number of carboxylic acid groups (broad SMARTS) is 1. The Bertz CT molecular complexity index is 1780. The van der Waals surface area contributed by atoms with E-state index < -0.39 is 36.5 Å². The zero-order chi connectivity index (χ0) is 35.5. The number of carboxylic acids is 1. The minimum absolute atomic E-state index is 0.168. The molecule has 3 aromatic rings. The number of nitrogens with zero attached hydrogens (tertiary/aromatic N) is 1. The van der Waals surface area contributed by atoms with Gasteiger partial charge in [0.25, 0.3) is 5.91 Å². The van der Waals surface area contributed by atoms with E-state index in [4.69, 9.17) is 28.8 Å². The van der Waals surface area contributed by atoms with Crippen LogP contribution in [0.15, 0.2) is 75.4 Å². The summed E-state index contributed by atoms with van der Waals surface area (Å²) in [7, 11) is 1.42. The smallest absolute Gasteiger partial charge is 0.338 e. The molecule has 0 fully saturated rings. The van der Waals surface area contributed by atoms with Crippen LogP contribution >= 0.6 is 15.9 Å². The van der Waals surface area contributed by atoms with Crippen molar-refractivity contribution < 1.29 is 48.0 Å². The Labute approximate surface area is 290 Å². The van der Waals surface area contributed by atoms with Gasteiger partial charge in [-0.05, 0) is 89.8 Å². The number of nitrogens with one attached hydrogen (secondary N) is 3. The van der Waals surface area contributed by atoms with Crippen molar-refractivity contribution in [2.75, 3.05) is 26.9 Å². The second kappa shape index (κ2) is 17.0. The molecule has 1 aliphatic rings. The van der Waals surface area contributed by atoms with E-state index in [2.05, 4.69) is 37.1 Å². The Morgan fingerprint density at radius 3 is 2.41 bits per heavy atom. The Morgan fingerprint density at radius 1 is 0.980 bits per heavy atom. The summed E-state index contributed by atoms with van der Waals surface area (Å²) >= 11 is 3.50. The van der Waals surface area contributed by atoms with Crippen LogP contribution in [-0.2, 0) is 20.9 Å². The topological polar surface area (TPSA) is 183 Å². The van der Waals surface area contributed by atoms with Crippen molar-refractivity contribution in [2.24, 2.45) is 5.10 Å². The summed E-state index contributed by atoms with van der Waals surface area (Å²) in [5.74, 6) is -0.708. The molecule has 0 bridgehead atoms. The van der Waals surface area contributed by atoms with Crippen LogP contribution < -0.4 is 35.0 Å². The first kappa shape index (κ1) is 36.3. The molecule has 4 rings (SSSR count). The van der Waals surface area contributed by atoms with Crippen LogP contribution in [0.5, 0.6) is 23.0 Å². The SMILES string of the molecule is CCOC(=O)C1=C(C)NC(=O)N[C@H]1c1ccc(OCC(=O)N/N=C\c2cc(Br)c(OCc3ccc(C(=O)O)cc3)c(OCC)c2)c(OC)c1. The molecule has 1 heterocycles. The standard InChI is InChI=1S/C34H35BrN4O10/c1-5-46-27-14-21(13-24(35)31(27)49-17-20-7-9-22(10-8-20)32(41)42)16-36-39-28(40)18-48-25-12-11-23(15-26(25)45-4)30-29(33(43)47-6-2)19(3)37-34(44)38-30/h7-16,30H,5-6,17-18H2,1-4H3,(H,39,40)(H,41,42)(H2,37,38,44)/b36-16-/t30-/m0/s1. The van der Waals surface area contributed by atoms with Gasteiger partial charge in [-0.15, -0.1) is 0 Å². The van der Waals surface area contributed by atoms with Crippen molar-refractivity contribution in [3.8, 4) is 23.0 Å². The Balaban J connectivity index is 1.38. The predicted octanol–water partition coefficient (Wildman–Crippen LogP) is 4.85. The molecule has 1 atom stereocenters. The maximum Gasteiger partial charge on any atom is 0.338 e. The van der Waals surface area contributed by atoms with Crippen LogP contribution in [0, 0.1) is 0 Å². The summed E-state index contributed by atoms with van der Waals surface area (Å²) in [6.45, 7) is 5.45. The number of benzene rings is 3. The van der Waals surface area contributed by atoms with Gasteiger partial charge in [0.05, 0.1) is 48.2 Å². The van der Waals surface area contributed by atoms with Gasteiger partial charge in [0.15, 0.2) is 29.6 Å². The van der Waals surface area contributed by atoms with Gasteiger partial charge in [-0.1, -0.05) is 18.2 Å². The Morgan fingerprint density at radius 2 is 1.73 bits per heavy atom. The van der Waals surface area contributed by atoms with E-state index in [-0.39, 0.29) is 35.8 Å². The second-order valence-corrected chi connectivity index (χ2v) is 11.2. The fourth-order valence-corrected chi connectivity index (χ4v) is 5.30. The number of ether oxygens (including phenoxy) is 5. The number of allylic oxidation sites excluding steroid dienone is 1. The number of halogens is 1. The van der Waals surface area contributed by atoms with E-state index in [1.165, 1.54) is 25.5 Å². The molecule has 0 saturated carbocycles.